The van der Waals surface area contributed by atoms with Gasteiger partial charge in [-0.2, -0.15) is 0 Å². The van der Waals surface area contributed by atoms with Crippen LogP contribution in [0.2, 0.25) is 0 Å². The van der Waals surface area contributed by atoms with Crippen molar-refractivity contribution in [2.45, 2.75) is 13.8 Å². The van der Waals surface area contributed by atoms with Crippen LogP contribution in [0.3, 0.4) is 0 Å². The van der Waals surface area contributed by atoms with Crippen LogP contribution in [0.25, 0.3) is 22.5 Å². The largest absolute Gasteiger partial charge is 1.00 e. The summed E-state index contributed by atoms with van der Waals surface area (Å²) in [5.74, 6) is 2.63. The highest BCUT2D eigenvalue weighted by Crippen LogP contribution is 2.29. The molecule has 0 aliphatic heterocycles. The molecule has 2 aromatic carbocycles. The van der Waals surface area contributed by atoms with Gasteiger partial charge < -0.3 is 9.44 Å². The molecule has 0 saturated carbocycles. The Bertz CT molecular complexity index is 835. The molecule has 0 radical (unpaired) electrons. The van der Waals surface area contributed by atoms with E-state index in [1.165, 1.54) is 5.56 Å². The first-order valence-electron chi connectivity index (χ1n) is 7.97. The number of methoxy groups -OCH3 is 1. The average Bonchev–Trinajstić information content (AvgIpc) is 2.61. The third-order valence-electron chi connectivity index (χ3n) is 3.68. The first kappa shape index (κ1) is 22.2. The highest BCUT2D eigenvalue weighted by molar-refractivity contribution is 6.33. The first-order chi connectivity index (χ1) is 12.4. The van der Waals surface area contributed by atoms with E-state index in [1.54, 1.807) is 7.11 Å². The number of benzene rings is 2. The summed E-state index contributed by atoms with van der Waals surface area (Å²) >= 11 is 0. The molecule has 0 bridgehead atoms. The van der Waals surface area contributed by atoms with Gasteiger partial charge in [-0.15, -0.1) is 0 Å². The molecule has 0 spiro atoms. The predicted octanol–water partition coefficient (Wildman–Crippen LogP) is 3.40. The molecule has 1 heterocycles. The van der Waals surface area contributed by atoms with Crippen LogP contribution in [0.5, 0.6) is 5.75 Å². The molecule has 1 aromatic heterocycles. The van der Waals surface area contributed by atoms with Crippen LogP contribution >= 0.6 is 0 Å². The van der Waals surface area contributed by atoms with Crippen LogP contribution in [0.15, 0.2) is 65.1 Å². The van der Waals surface area contributed by atoms with E-state index in [2.05, 4.69) is 55.5 Å². The minimum absolute atomic E-state index is 0. The molecule has 3 aromatic rings. The highest BCUT2D eigenvalue weighted by Gasteiger charge is 2.16. The van der Waals surface area contributed by atoms with Crippen LogP contribution in [-0.4, -0.2) is 14.7 Å². The lowest BCUT2D eigenvalue weighted by Crippen LogP contribution is -3.00. The molecule has 0 saturated heterocycles. The van der Waals surface area contributed by atoms with Gasteiger partial charge in [0, 0.05) is 11.6 Å². The van der Waals surface area contributed by atoms with Crippen molar-refractivity contribution in [3.8, 4) is 28.2 Å². The van der Waals surface area contributed by atoms with Gasteiger partial charge in [0.2, 0.25) is 0 Å². The zero-order valence-electron chi connectivity index (χ0n) is 15.2. The van der Waals surface area contributed by atoms with Crippen molar-refractivity contribution in [2.75, 3.05) is 7.11 Å². The standard InChI is InChI=1S/C20H19O2.BF3.FH/c1-14-4-6-17(7-5-14)20-13-18(12-15(2)22-20)16-8-10-19(21-3)11-9-16;2-1(3)4;/h4-13H,1-3H3;;1H/q+1;;/p-1. The molecule has 3 rings (SSSR count). The van der Waals surface area contributed by atoms with E-state index < -0.39 is 7.54 Å². The van der Waals surface area contributed by atoms with E-state index in [0.29, 0.717) is 0 Å². The summed E-state index contributed by atoms with van der Waals surface area (Å²) in [6.07, 6.45) is 0. The average molecular weight is 378 g/mol. The number of ether oxygens (including phenoxy) is 1. The molecule has 2 nitrogen and oxygen atoms in total. The fraction of sp³-hybridized carbons (Fsp3) is 0.150. The summed E-state index contributed by atoms with van der Waals surface area (Å²) in [6.45, 7) is 4.06. The number of rotatable bonds is 3. The van der Waals surface area contributed by atoms with Gasteiger partial charge in [0.1, 0.15) is 5.75 Å². The van der Waals surface area contributed by atoms with Gasteiger partial charge in [0.15, 0.2) is 0 Å². The van der Waals surface area contributed by atoms with E-state index in [0.717, 1.165) is 34.0 Å². The van der Waals surface area contributed by atoms with Gasteiger partial charge in [0.05, 0.1) is 25.7 Å². The highest BCUT2D eigenvalue weighted by atomic mass is 19.4. The molecule has 142 valence electrons. The third-order valence-corrected chi connectivity index (χ3v) is 3.68. The maximum atomic E-state index is 9.67. The summed E-state index contributed by atoms with van der Waals surface area (Å²) in [5, 5.41) is 0. The lowest BCUT2D eigenvalue weighted by molar-refractivity contribution is -0.00000907. The normalized spacial score (nSPS) is 9.56. The Morgan fingerprint density at radius 3 is 1.81 bits per heavy atom. The van der Waals surface area contributed by atoms with Crippen molar-refractivity contribution in [2.24, 2.45) is 0 Å². The zero-order valence-corrected chi connectivity index (χ0v) is 15.2. The van der Waals surface area contributed by atoms with Gasteiger partial charge in [-0.1, -0.05) is 29.8 Å². The van der Waals surface area contributed by atoms with Crippen LogP contribution < -0.4 is 9.44 Å². The summed E-state index contributed by atoms with van der Waals surface area (Å²) in [4.78, 5) is 0. The van der Waals surface area contributed by atoms with Crippen molar-refractivity contribution < 1.29 is 26.8 Å². The molecule has 0 aliphatic rings. The molecular formula is C20H19BF4O2. The molecule has 0 unspecified atom stereocenters. The van der Waals surface area contributed by atoms with Gasteiger partial charge in [-0.3, -0.25) is 12.9 Å². The van der Waals surface area contributed by atoms with E-state index in [1.807, 2.05) is 19.1 Å². The van der Waals surface area contributed by atoms with Crippen LogP contribution in [0.4, 0.5) is 12.9 Å². The second-order valence-corrected chi connectivity index (χ2v) is 5.66. The molecule has 27 heavy (non-hydrogen) atoms. The first-order valence-corrected chi connectivity index (χ1v) is 7.97. The smallest absolute Gasteiger partial charge is 0.762 e. The summed E-state index contributed by atoms with van der Waals surface area (Å²) in [6, 6.07) is 20.6. The van der Waals surface area contributed by atoms with E-state index in [9.17, 15) is 12.9 Å². The minimum atomic E-state index is -3.67. The van der Waals surface area contributed by atoms with Crippen LogP contribution in [0, 0.1) is 13.8 Å². The maximum absolute atomic E-state index is 9.67. The molecule has 0 fully saturated rings. The van der Waals surface area contributed by atoms with Crippen LogP contribution in [0.1, 0.15) is 11.3 Å². The number of hydrogen-bond donors (Lipinski definition) is 0. The topological polar surface area (TPSA) is 20.5 Å². The number of hydrogen-bond acceptors (Lipinski definition) is 1. The van der Waals surface area contributed by atoms with E-state index in [-0.39, 0.29) is 4.70 Å². The molecule has 0 amide bonds. The predicted molar refractivity (Wildman–Crippen MR) is 99.1 cm³/mol. The zero-order chi connectivity index (χ0) is 19.1. The van der Waals surface area contributed by atoms with Crippen molar-refractivity contribution in [1.29, 1.82) is 0 Å². The third kappa shape index (κ3) is 6.77. The van der Waals surface area contributed by atoms with Crippen molar-refractivity contribution in [1.82, 2.24) is 0 Å². The summed E-state index contributed by atoms with van der Waals surface area (Å²) < 4.78 is 40.1. The lowest BCUT2D eigenvalue weighted by atomic mass is 10.0. The number of halogens is 4. The van der Waals surface area contributed by atoms with Crippen LogP contribution in [-0.2, 0) is 0 Å². The Balaban J connectivity index is 0.000000666. The Morgan fingerprint density at radius 2 is 1.30 bits per heavy atom. The minimum Gasteiger partial charge on any atom is -1.00 e. The lowest BCUT2D eigenvalue weighted by Gasteiger charge is -2.03. The van der Waals surface area contributed by atoms with E-state index in [4.69, 9.17) is 9.15 Å². The van der Waals surface area contributed by atoms with Gasteiger partial charge in [-0.25, -0.2) is 4.42 Å². The Kier molecular flexibility index (Phi) is 8.52. The fourth-order valence-electron chi connectivity index (χ4n) is 2.44. The van der Waals surface area contributed by atoms with E-state index >= 15 is 0 Å². The molecular weight excluding hydrogens is 359 g/mol. The summed E-state index contributed by atoms with van der Waals surface area (Å²) in [5.41, 5.74) is 4.62. The maximum Gasteiger partial charge on any atom is 0.762 e. The Labute approximate surface area is 156 Å². The Morgan fingerprint density at radius 1 is 0.778 bits per heavy atom. The monoisotopic (exact) mass is 378 g/mol. The molecule has 0 N–H and O–H groups in total. The van der Waals surface area contributed by atoms with Crippen molar-refractivity contribution in [3.05, 3.63) is 72.0 Å². The SMILES string of the molecule is COc1ccc(-c2cc(C)[o+]c(-c3ccc(C)cc3)c2)cc1.FB(F)F.[F-]. The molecule has 7 heteroatoms. The van der Waals surface area contributed by atoms with Gasteiger partial charge in [0.25, 0.3) is 0 Å². The Hall–Kier alpha value is -2.83. The second kappa shape index (κ2) is 10.4. The van der Waals surface area contributed by atoms with Gasteiger partial charge in [-0.05, 0) is 36.8 Å². The number of aryl methyl sites for hydroxylation is 2. The quantitative estimate of drug-likeness (QED) is 0.396. The van der Waals surface area contributed by atoms with Crippen molar-refractivity contribution in [3.63, 3.8) is 0 Å². The van der Waals surface area contributed by atoms with Crippen molar-refractivity contribution >= 4 is 7.54 Å². The second-order valence-electron chi connectivity index (χ2n) is 5.66. The van der Waals surface area contributed by atoms with Gasteiger partial charge >= 0.3 is 19.1 Å². The molecule has 0 aliphatic carbocycles. The summed E-state index contributed by atoms with van der Waals surface area (Å²) in [7, 11) is -1.99. The molecule has 0 atom stereocenters. The fourth-order valence-corrected chi connectivity index (χ4v) is 2.44.